The van der Waals surface area contributed by atoms with Crippen molar-refractivity contribution in [3.8, 4) is 11.5 Å². The van der Waals surface area contributed by atoms with E-state index < -0.39 is 0 Å². The van der Waals surface area contributed by atoms with Gasteiger partial charge >= 0.3 is 0 Å². The average molecular weight is 444 g/mol. The number of nitrogens with zero attached hydrogens (tertiary/aromatic N) is 2. The molecule has 0 saturated carbocycles. The molecule has 1 N–H and O–H groups in total. The molecule has 0 aliphatic rings. The summed E-state index contributed by atoms with van der Waals surface area (Å²) < 4.78 is 11.5. The number of anilines is 1. The highest BCUT2D eigenvalue weighted by atomic mass is 32.2. The van der Waals surface area contributed by atoms with Crippen LogP contribution in [0.4, 0.5) is 5.13 Å². The Bertz CT molecular complexity index is 1080. The lowest BCUT2D eigenvalue weighted by atomic mass is 10.2. The number of carbonyl (C=O) groups is 1. The van der Waals surface area contributed by atoms with E-state index in [2.05, 4.69) is 15.3 Å². The van der Waals surface area contributed by atoms with Crippen molar-refractivity contribution in [1.82, 2.24) is 9.97 Å². The number of thioether (sulfide) groups is 1. The summed E-state index contributed by atoms with van der Waals surface area (Å²) >= 11 is 4.67. The van der Waals surface area contributed by atoms with Gasteiger partial charge in [-0.2, -0.15) is 0 Å². The van der Waals surface area contributed by atoms with Crippen molar-refractivity contribution in [2.75, 3.05) is 19.5 Å². The number of amides is 1. The number of rotatable bonds is 7. The third kappa shape index (κ3) is 4.52. The predicted octanol–water partition coefficient (Wildman–Crippen LogP) is 5.31. The maximum atomic E-state index is 12.6. The summed E-state index contributed by atoms with van der Waals surface area (Å²) in [7, 11) is 3.17. The van der Waals surface area contributed by atoms with E-state index >= 15 is 0 Å². The minimum atomic E-state index is -0.195. The van der Waals surface area contributed by atoms with E-state index in [0.717, 1.165) is 26.6 Å². The van der Waals surface area contributed by atoms with Crippen molar-refractivity contribution in [2.45, 2.75) is 10.6 Å². The second-order valence-corrected chi connectivity index (χ2v) is 8.74. The van der Waals surface area contributed by atoms with Crippen LogP contribution in [0.5, 0.6) is 11.5 Å². The zero-order valence-electron chi connectivity index (χ0n) is 15.7. The zero-order chi connectivity index (χ0) is 20.2. The molecule has 0 fully saturated rings. The van der Waals surface area contributed by atoms with Crippen LogP contribution in [0.25, 0.3) is 10.2 Å². The number of hydrogen-bond donors (Lipinski definition) is 1. The smallest absolute Gasteiger partial charge is 0.257 e. The summed E-state index contributed by atoms with van der Waals surface area (Å²) in [6.07, 6.45) is 0. The van der Waals surface area contributed by atoms with E-state index in [0.29, 0.717) is 22.2 Å². The Balaban J connectivity index is 1.44. The van der Waals surface area contributed by atoms with Crippen LogP contribution in [-0.4, -0.2) is 30.1 Å². The van der Waals surface area contributed by atoms with Crippen LogP contribution in [0.3, 0.4) is 0 Å². The van der Waals surface area contributed by atoms with Gasteiger partial charge in [0.15, 0.2) is 16.6 Å². The first-order valence-electron chi connectivity index (χ1n) is 8.60. The standard InChI is InChI=1S/C20H17N3O3S3/c1-25-16-7-15-18(8-17(16)26-2)29-20(22-15)23-19(24)12-3-5-14(6-4-12)28-10-13-9-27-11-21-13/h3-9,11H,10H2,1-2H3,(H,22,23,24). The summed E-state index contributed by atoms with van der Waals surface area (Å²) in [5.74, 6) is 1.86. The molecule has 2 aromatic carbocycles. The van der Waals surface area contributed by atoms with E-state index in [1.807, 2.05) is 41.2 Å². The van der Waals surface area contributed by atoms with Gasteiger partial charge in [0.25, 0.3) is 5.91 Å². The number of hydrogen-bond acceptors (Lipinski definition) is 8. The molecule has 0 aliphatic carbocycles. The summed E-state index contributed by atoms with van der Waals surface area (Å²) in [5.41, 5.74) is 4.22. The van der Waals surface area contributed by atoms with Gasteiger partial charge in [-0.25, -0.2) is 9.97 Å². The van der Waals surface area contributed by atoms with E-state index in [4.69, 9.17) is 9.47 Å². The minimum Gasteiger partial charge on any atom is -0.493 e. The topological polar surface area (TPSA) is 73.3 Å². The molecule has 148 valence electrons. The molecule has 6 nitrogen and oxygen atoms in total. The van der Waals surface area contributed by atoms with Crippen LogP contribution in [-0.2, 0) is 5.75 Å². The second-order valence-electron chi connectivity index (χ2n) is 5.94. The number of aromatic nitrogens is 2. The Hall–Kier alpha value is -2.62. The van der Waals surface area contributed by atoms with Crippen LogP contribution in [0.2, 0.25) is 0 Å². The minimum absolute atomic E-state index is 0.195. The molecule has 4 aromatic rings. The molecule has 1 amide bonds. The first-order chi connectivity index (χ1) is 14.2. The Labute approximate surface area is 179 Å². The Kier molecular flexibility index (Phi) is 5.98. The maximum absolute atomic E-state index is 12.6. The van der Waals surface area contributed by atoms with Gasteiger partial charge in [0, 0.05) is 33.7 Å². The predicted molar refractivity (Wildman–Crippen MR) is 119 cm³/mol. The molecule has 0 spiro atoms. The lowest BCUT2D eigenvalue weighted by Gasteiger charge is -2.05. The molecule has 9 heteroatoms. The zero-order valence-corrected chi connectivity index (χ0v) is 18.1. The summed E-state index contributed by atoms with van der Waals surface area (Å²) in [6, 6.07) is 11.2. The highest BCUT2D eigenvalue weighted by molar-refractivity contribution is 7.98. The van der Waals surface area contributed by atoms with Gasteiger partial charge in [-0.05, 0) is 24.3 Å². The monoisotopic (exact) mass is 443 g/mol. The first-order valence-corrected chi connectivity index (χ1v) is 11.3. The van der Waals surface area contributed by atoms with Crippen molar-refractivity contribution in [3.63, 3.8) is 0 Å². The third-order valence-corrected chi connectivity index (χ3v) is 6.72. The van der Waals surface area contributed by atoms with Crippen molar-refractivity contribution >= 4 is 55.7 Å². The lowest BCUT2D eigenvalue weighted by Crippen LogP contribution is -2.11. The molecule has 2 heterocycles. The fraction of sp³-hybridized carbons (Fsp3) is 0.150. The quantitative estimate of drug-likeness (QED) is 0.390. The van der Waals surface area contributed by atoms with E-state index in [1.165, 1.54) is 11.3 Å². The van der Waals surface area contributed by atoms with Gasteiger partial charge in [-0.15, -0.1) is 23.1 Å². The molecule has 29 heavy (non-hydrogen) atoms. The van der Waals surface area contributed by atoms with Gasteiger partial charge in [0.1, 0.15) is 0 Å². The van der Waals surface area contributed by atoms with Gasteiger partial charge in [-0.3, -0.25) is 10.1 Å². The third-order valence-electron chi connectivity index (χ3n) is 4.10. The first kappa shape index (κ1) is 19.7. The average Bonchev–Trinajstić information content (AvgIpc) is 3.40. The Morgan fingerprint density at radius 1 is 1.14 bits per heavy atom. The lowest BCUT2D eigenvalue weighted by molar-refractivity contribution is 0.102. The molecule has 0 bridgehead atoms. The van der Waals surface area contributed by atoms with Gasteiger partial charge in [0.05, 0.1) is 35.6 Å². The maximum Gasteiger partial charge on any atom is 0.257 e. The molecule has 0 radical (unpaired) electrons. The van der Waals surface area contributed by atoms with Crippen molar-refractivity contribution < 1.29 is 14.3 Å². The number of ether oxygens (including phenoxy) is 2. The second kappa shape index (κ2) is 8.81. The molecular formula is C20H17N3O3S3. The van der Waals surface area contributed by atoms with Gasteiger partial charge in [0.2, 0.25) is 0 Å². The number of fused-ring (bicyclic) bond motifs is 1. The van der Waals surface area contributed by atoms with E-state index in [-0.39, 0.29) is 5.91 Å². The highest BCUT2D eigenvalue weighted by Gasteiger charge is 2.13. The van der Waals surface area contributed by atoms with Crippen molar-refractivity contribution in [2.24, 2.45) is 0 Å². The molecule has 2 aromatic heterocycles. The normalized spacial score (nSPS) is 10.8. The SMILES string of the molecule is COc1cc2nc(NC(=O)c3ccc(SCc4cscn4)cc3)sc2cc1OC. The van der Waals surface area contributed by atoms with E-state index in [9.17, 15) is 4.79 Å². The van der Waals surface area contributed by atoms with Crippen LogP contribution in [0.15, 0.2) is 52.2 Å². The van der Waals surface area contributed by atoms with Gasteiger partial charge in [-0.1, -0.05) is 11.3 Å². The van der Waals surface area contributed by atoms with Crippen molar-refractivity contribution in [3.05, 3.63) is 58.5 Å². The fourth-order valence-corrected chi connectivity index (χ4v) is 4.98. The highest BCUT2D eigenvalue weighted by Crippen LogP contribution is 2.36. The van der Waals surface area contributed by atoms with Crippen LogP contribution < -0.4 is 14.8 Å². The fourth-order valence-electron chi connectivity index (χ4n) is 2.65. The number of carbonyl (C=O) groups excluding carboxylic acids is 1. The Morgan fingerprint density at radius 3 is 2.59 bits per heavy atom. The Morgan fingerprint density at radius 2 is 1.90 bits per heavy atom. The van der Waals surface area contributed by atoms with Crippen molar-refractivity contribution in [1.29, 1.82) is 0 Å². The molecule has 0 saturated heterocycles. The van der Waals surface area contributed by atoms with Gasteiger partial charge < -0.3 is 9.47 Å². The number of thiazole rings is 2. The number of methoxy groups -OCH3 is 2. The number of benzene rings is 2. The molecule has 0 aliphatic heterocycles. The van der Waals surface area contributed by atoms with Crippen LogP contribution in [0, 0.1) is 0 Å². The summed E-state index contributed by atoms with van der Waals surface area (Å²) in [5, 5.41) is 5.44. The molecule has 4 rings (SSSR count). The number of nitrogens with one attached hydrogen (secondary N) is 1. The molecule has 0 atom stereocenters. The van der Waals surface area contributed by atoms with E-state index in [1.54, 1.807) is 43.4 Å². The molecular weight excluding hydrogens is 426 g/mol. The molecule has 0 unspecified atom stereocenters. The van der Waals surface area contributed by atoms with Crippen LogP contribution >= 0.6 is 34.4 Å². The summed E-state index contributed by atoms with van der Waals surface area (Å²) in [4.78, 5) is 22.4. The van der Waals surface area contributed by atoms with Crippen LogP contribution in [0.1, 0.15) is 16.1 Å². The largest absolute Gasteiger partial charge is 0.493 e. The summed E-state index contributed by atoms with van der Waals surface area (Å²) in [6.45, 7) is 0.